The molecule has 2 aromatic heterocycles. The van der Waals surface area contributed by atoms with Gasteiger partial charge in [0.2, 0.25) is 0 Å². The highest BCUT2D eigenvalue weighted by atomic mass is 15.0. The van der Waals surface area contributed by atoms with Gasteiger partial charge in [0, 0.05) is 32.9 Å². The monoisotopic (exact) mass is 1100 g/mol. The van der Waals surface area contributed by atoms with Crippen LogP contribution in [0.4, 0.5) is 0 Å². The molecule has 0 spiro atoms. The van der Waals surface area contributed by atoms with Crippen molar-refractivity contribution in [1.82, 2.24) is 9.13 Å². The van der Waals surface area contributed by atoms with Crippen LogP contribution in [0.5, 0.6) is 0 Å². The first kappa shape index (κ1) is 50.2. The Kier molecular flexibility index (Phi) is 11.8. The van der Waals surface area contributed by atoms with Gasteiger partial charge in [-0.15, -0.1) is 0 Å². The number of hydrogen-bond acceptors (Lipinski definition) is 0. The van der Waals surface area contributed by atoms with Gasteiger partial charge in [-0.1, -0.05) is 273 Å². The van der Waals surface area contributed by atoms with Crippen molar-refractivity contribution in [2.24, 2.45) is 0 Å². The summed E-state index contributed by atoms with van der Waals surface area (Å²) in [5.74, 6) is 0. The second-order valence-corrected chi connectivity index (χ2v) is 23.1. The van der Waals surface area contributed by atoms with Gasteiger partial charge in [0.1, 0.15) is 0 Å². The van der Waals surface area contributed by atoms with Crippen LogP contribution in [0.3, 0.4) is 0 Å². The van der Waals surface area contributed by atoms with Gasteiger partial charge in [0.15, 0.2) is 0 Å². The Morgan fingerprint density at radius 3 is 1.02 bits per heavy atom. The molecule has 14 aromatic carbocycles. The van der Waals surface area contributed by atoms with Gasteiger partial charge in [-0.2, -0.15) is 0 Å². The molecule has 0 unspecified atom stereocenters. The molecule has 2 heteroatoms. The Balaban J connectivity index is 0.670. The molecule has 1 aliphatic rings. The number of aromatic nitrogens is 2. The average molecular weight is 1110 g/mol. The first-order valence-corrected chi connectivity index (χ1v) is 30.1. The van der Waals surface area contributed by atoms with Crippen molar-refractivity contribution in [2.75, 3.05) is 0 Å². The molecule has 0 N–H and O–H groups in total. The predicted molar refractivity (Wildman–Crippen MR) is 365 cm³/mol. The average Bonchev–Trinajstić information content (AvgIpc) is 1.63. The van der Waals surface area contributed by atoms with Gasteiger partial charge in [-0.3, -0.25) is 0 Å². The molecule has 0 saturated carbocycles. The largest absolute Gasteiger partial charge is 0.309 e. The fourth-order valence-electron chi connectivity index (χ4n) is 14.5. The first-order valence-electron chi connectivity index (χ1n) is 30.1. The van der Waals surface area contributed by atoms with Crippen LogP contribution in [0.15, 0.2) is 340 Å². The summed E-state index contributed by atoms with van der Waals surface area (Å²) in [6.45, 7) is 0. The van der Waals surface area contributed by atoms with Crippen LogP contribution >= 0.6 is 0 Å². The molecule has 0 amide bonds. The van der Waals surface area contributed by atoms with Gasteiger partial charge in [-0.25, -0.2) is 0 Å². The van der Waals surface area contributed by atoms with E-state index in [9.17, 15) is 0 Å². The van der Waals surface area contributed by atoms with E-state index in [-0.39, 0.29) is 0 Å². The number of hydrogen-bond donors (Lipinski definition) is 0. The zero-order valence-electron chi connectivity index (χ0n) is 47.7. The van der Waals surface area contributed by atoms with Crippen molar-refractivity contribution in [3.63, 3.8) is 0 Å². The minimum Gasteiger partial charge on any atom is -0.309 e. The minimum absolute atomic E-state index is 0.590. The zero-order valence-corrected chi connectivity index (χ0v) is 47.7. The van der Waals surface area contributed by atoms with Crippen molar-refractivity contribution in [3.05, 3.63) is 362 Å². The molecule has 0 atom stereocenters. The number of benzene rings is 14. The maximum atomic E-state index is 2.44. The summed E-state index contributed by atoms with van der Waals surface area (Å²) in [6, 6.07) is 126. The minimum atomic E-state index is -0.590. The van der Waals surface area contributed by atoms with Crippen molar-refractivity contribution < 1.29 is 0 Å². The lowest BCUT2D eigenvalue weighted by Crippen LogP contribution is -2.29. The van der Waals surface area contributed by atoms with E-state index in [1.165, 1.54) is 149 Å². The maximum absolute atomic E-state index is 2.44. The molecule has 0 aliphatic heterocycles. The van der Waals surface area contributed by atoms with Crippen molar-refractivity contribution >= 4 is 43.6 Å². The van der Waals surface area contributed by atoms with Crippen molar-refractivity contribution in [3.8, 4) is 89.3 Å². The summed E-state index contributed by atoms with van der Waals surface area (Å²) in [7, 11) is 0. The Morgan fingerprint density at radius 2 is 0.517 bits per heavy atom. The van der Waals surface area contributed by atoms with Gasteiger partial charge in [-0.05, 0) is 167 Å². The third kappa shape index (κ3) is 8.10. The summed E-state index contributed by atoms with van der Waals surface area (Å²) in [5, 5.41) is 4.99. The summed E-state index contributed by atoms with van der Waals surface area (Å²) < 4.78 is 4.79. The van der Waals surface area contributed by atoms with E-state index in [0.717, 1.165) is 5.69 Å². The molecule has 1 aliphatic carbocycles. The van der Waals surface area contributed by atoms with Gasteiger partial charge in [0.05, 0.1) is 27.5 Å². The highest BCUT2D eigenvalue weighted by Crippen LogP contribution is 2.58. The third-order valence-electron chi connectivity index (χ3n) is 18.5. The molecule has 87 heavy (non-hydrogen) atoms. The van der Waals surface area contributed by atoms with E-state index >= 15 is 0 Å². The lowest BCUT2D eigenvalue weighted by Gasteiger charge is -2.36. The third-order valence-corrected chi connectivity index (χ3v) is 18.5. The number of rotatable bonds is 10. The Hall–Kier alpha value is -11.3. The van der Waals surface area contributed by atoms with Crippen LogP contribution in [0.2, 0.25) is 0 Å². The molecule has 17 rings (SSSR count). The predicted octanol–water partition coefficient (Wildman–Crippen LogP) is 22.2. The second kappa shape index (κ2) is 20.5. The van der Waals surface area contributed by atoms with Gasteiger partial charge < -0.3 is 9.13 Å². The highest BCUT2D eigenvalue weighted by Gasteiger charge is 2.47. The van der Waals surface area contributed by atoms with E-state index in [4.69, 9.17) is 0 Å². The molecule has 0 bridgehead atoms. The van der Waals surface area contributed by atoms with Crippen LogP contribution in [-0.2, 0) is 5.41 Å². The van der Waals surface area contributed by atoms with Crippen LogP contribution < -0.4 is 0 Å². The molecule has 406 valence electrons. The molecular formula is C85H56N2. The quantitative estimate of drug-likeness (QED) is 0.129. The maximum Gasteiger partial charge on any atom is 0.0719 e. The molecule has 0 fully saturated rings. The number of para-hydroxylation sites is 3. The van der Waals surface area contributed by atoms with Crippen LogP contribution in [0.1, 0.15) is 22.3 Å². The van der Waals surface area contributed by atoms with Gasteiger partial charge in [0.25, 0.3) is 0 Å². The van der Waals surface area contributed by atoms with E-state index in [0.29, 0.717) is 0 Å². The highest BCUT2D eigenvalue weighted by molar-refractivity contribution is 6.13. The van der Waals surface area contributed by atoms with Crippen molar-refractivity contribution in [1.29, 1.82) is 0 Å². The SMILES string of the molecule is c1ccc(-c2ccccc2-c2ccccc2C2(c3cccc(-c4ccc(-c5ccc(-c6ccc(-n7c8ccccc8c8cc(-c9ccc%10c(c9)c9ccccc9n%10-c9ccccc9)ccc87)cc6)cc5)cc4)c3)c3ccccc3-c3ccccc32)cc1. The topological polar surface area (TPSA) is 9.86 Å². The molecular weight excluding hydrogens is 1050 g/mol. The Labute approximate surface area is 506 Å². The fraction of sp³-hybridized carbons (Fsp3) is 0.0118. The van der Waals surface area contributed by atoms with E-state index in [1.807, 2.05) is 0 Å². The summed E-state index contributed by atoms with van der Waals surface area (Å²) in [5.41, 5.74) is 28.6. The molecule has 2 nitrogen and oxygen atoms in total. The fourth-order valence-corrected chi connectivity index (χ4v) is 14.5. The summed E-state index contributed by atoms with van der Waals surface area (Å²) in [6.07, 6.45) is 0. The Morgan fingerprint density at radius 1 is 0.184 bits per heavy atom. The molecule has 0 radical (unpaired) electrons. The van der Waals surface area contributed by atoms with Crippen LogP contribution in [0, 0.1) is 0 Å². The second-order valence-electron chi connectivity index (χ2n) is 23.1. The summed E-state index contributed by atoms with van der Waals surface area (Å²) >= 11 is 0. The summed E-state index contributed by atoms with van der Waals surface area (Å²) in [4.78, 5) is 0. The Bertz CT molecular complexity index is 5250. The smallest absolute Gasteiger partial charge is 0.0719 e. The molecule has 16 aromatic rings. The van der Waals surface area contributed by atoms with E-state index < -0.39 is 5.41 Å². The van der Waals surface area contributed by atoms with Gasteiger partial charge >= 0.3 is 0 Å². The normalized spacial score (nSPS) is 12.5. The first-order chi connectivity index (χ1) is 43.2. The van der Waals surface area contributed by atoms with E-state index in [1.54, 1.807) is 0 Å². The lowest BCUT2D eigenvalue weighted by molar-refractivity contribution is 0.771. The van der Waals surface area contributed by atoms with Crippen LogP contribution in [0.25, 0.3) is 133 Å². The van der Waals surface area contributed by atoms with Crippen molar-refractivity contribution in [2.45, 2.75) is 5.41 Å². The lowest BCUT2D eigenvalue weighted by atomic mass is 9.65. The van der Waals surface area contributed by atoms with E-state index in [2.05, 4.69) is 349 Å². The number of nitrogens with zero attached hydrogens (tertiary/aromatic N) is 2. The molecule has 0 saturated heterocycles. The standard InChI is InChI=1S/C85H56N2/c1-3-20-62(21-4-1)69-26-7-8-27-70(69)71-28-9-14-33-78(71)85(79-34-15-10-29-72(79)73-30-11-16-35-80(73)85)66-23-19-22-63(54-66)61-44-42-58(43-45-61)57-38-40-59(41-39-57)60-46-50-68(51-47-60)87-82-37-18-13-32-75(82)77-56-65(49-53-84(77)87)64-48-52-83-76(55-64)74-31-12-17-36-81(74)86(83)67-24-5-2-6-25-67/h1-56H. The number of fused-ring (bicyclic) bond motifs is 9. The van der Waals surface area contributed by atoms with Crippen LogP contribution in [-0.4, -0.2) is 9.13 Å². The zero-order chi connectivity index (χ0) is 57.4. The molecule has 2 heterocycles.